The van der Waals surface area contributed by atoms with Crippen LogP contribution in [0.2, 0.25) is 0 Å². The number of anilines is 1. The van der Waals surface area contributed by atoms with E-state index in [2.05, 4.69) is 10.0 Å². The van der Waals surface area contributed by atoms with Crippen molar-refractivity contribution in [2.45, 2.75) is 49.9 Å². The minimum Gasteiger partial charge on any atom is -0.325 e. The molecular formula is C20H26N2O3S2. The molecule has 1 atom stereocenters. The summed E-state index contributed by atoms with van der Waals surface area (Å²) < 4.78 is 28.7. The van der Waals surface area contributed by atoms with Gasteiger partial charge < -0.3 is 5.32 Å². The van der Waals surface area contributed by atoms with Gasteiger partial charge in [-0.25, -0.2) is 13.1 Å². The molecule has 2 N–H and O–H groups in total. The molecule has 2 rings (SSSR count). The van der Waals surface area contributed by atoms with Gasteiger partial charge in [-0.3, -0.25) is 4.79 Å². The molecule has 0 aromatic heterocycles. The van der Waals surface area contributed by atoms with Crippen molar-refractivity contribution in [2.24, 2.45) is 0 Å². The predicted octanol–water partition coefficient (Wildman–Crippen LogP) is 4.41. The summed E-state index contributed by atoms with van der Waals surface area (Å²) in [5, 5.41) is 2.70. The van der Waals surface area contributed by atoms with Crippen molar-refractivity contribution >= 4 is 33.4 Å². The summed E-state index contributed by atoms with van der Waals surface area (Å²) in [6.07, 6.45) is 2.50. The maximum absolute atomic E-state index is 12.9. The number of aryl methyl sites for hydroxylation is 2. The highest BCUT2D eigenvalue weighted by Gasteiger charge is 2.22. The van der Waals surface area contributed by atoms with Crippen LogP contribution in [0.1, 0.15) is 43.0 Å². The minimum absolute atomic E-state index is 0.131. The lowest BCUT2D eigenvalue weighted by Crippen LogP contribution is -2.28. The molecule has 146 valence electrons. The highest BCUT2D eigenvalue weighted by atomic mass is 32.2. The van der Waals surface area contributed by atoms with Gasteiger partial charge in [-0.05, 0) is 61.4 Å². The Labute approximate surface area is 166 Å². The van der Waals surface area contributed by atoms with Crippen LogP contribution < -0.4 is 10.0 Å². The third kappa shape index (κ3) is 5.34. The number of hydrogen-bond acceptors (Lipinski definition) is 4. The van der Waals surface area contributed by atoms with E-state index in [1.165, 1.54) is 30.3 Å². The van der Waals surface area contributed by atoms with E-state index in [0.29, 0.717) is 12.1 Å². The molecule has 0 spiro atoms. The van der Waals surface area contributed by atoms with Gasteiger partial charge in [0.1, 0.15) is 0 Å². The first-order valence-electron chi connectivity index (χ1n) is 8.73. The Hall–Kier alpha value is -1.83. The van der Waals surface area contributed by atoms with E-state index in [9.17, 15) is 13.2 Å². The number of rotatable bonds is 7. The average molecular weight is 407 g/mol. The highest BCUT2D eigenvalue weighted by Crippen LogP contribution is 2.29. The molecule has 2 aromatic rings. The molecule has 0 aliphatic carbocycles. The second-order valence-corrected chi connectivity index (χ2v) is 9.03. The van der Waals surface area contributed by atoms with Crippen molar-refractivity contribution in [2.75, 3.05) is 11.6 Å². The van der Waals surface area contributed by atoms with Gasteiger partial charge in [-0.2, -0.15) is 0 Å². The standard InChI is InChI=1S/C20H26N2O3S2/c1-6-18(16-8-7-13(2)14(3)11-16)22-27(24,25)17-9-10-20(26-5)19(12-17)21-15(4)23/h7-12,18,22H,6H2,1-5H3,(H,21,23)/t18-/m0/s1. The molecule has 0 heterocycles. The summed E-state index contributed by atoms with van der Waals surface area (Å²) >= 11 is 1.44. The van der Waals surface area contributed by atoms with E-state index < -0.39 is 10.0 Å². The number of hydrogen-bond donors (Lipinski definition) is 2. The predicted molar refractivity (Wildman–Crippen MR) is 112 cm³/mol. The van der Waals surface area contributed by atoms with Crippen LogP contribution in [0, 0.1) is 13.8 Å². The van der Waals surface area contributed by atoms with Gasteiger partial charge in [0.15, 0.2) is 0 Å². The van der Waals surface area contributed by atoms with Gasteiger partial charge in [0, 0.05) is 17.9 Å². The number of amides is 1. The van der Waals surface area contributed by atoms with Crippen molar-refractivity contribution in [1.29, 1.82) is 0 Å². The quantitative estimate of drug-likeness (QED) is 0.668. The lowest BCUT2D eigenvalue weighted by molar-refractivity contribution is -0.114. The van der Waals surface area contributed by atoms with Crippen LogP contribution in [0.4, 0.5) is 5.69 Å². The molecule has 27 heavy (non-hydrogen) atoms. The Morgan fingerprint density at radius 3 is 2.37 bits per heavy atom. The van der Waals surface area contributed by atoms with Crippen LogP contribution in [-0.4, -0.2) is 20.6 Å². The first kappa shape index (κ1) is 21.5. The van der Waals surface area contributed by atoms with Crippen LogP contribution in [0.25, 0.3) is 0 Å². The van der Waals surface area contributed by atoms with Crippen molar-refractivity contribution in [1.82, 2.24) is 4.72 Å². The Balaban J connectivity index is 2.36. The lowest BCUT2D eigenvalue weighted by atomic mass is 10.0. The molecule has 2 aromatic carbocycles. The normalized spacial score (nSPS) is 12.6. The maximum atomic E-state index is 12.9. The summed E-state index contributed by atoms with van der Waals surface area (Å²) in [6.45, 7) is 7.39. The summed E-state index contributed by atoms with van der Waals surface area (Å²) in [5.74, 6) is -0.241. The Morgan fingerprint density at radius 1 is 1.11 bits per heavy atom. The van der Waals surface area contributed by atoms with Crippen molar-refractivity contribution < 1.29 is 13.2 Å². The third-order valence-electron chi connectivity index (χ3n) is 4.43. The van der Waals surface area contributed by atoms with Gasteiger partial charge in [0.05, 0.1) is 10.6 Å². The minimum atomic E-state index is -3.74. The van der Waals surface area contributed by atoms with Gasteiger partial charge in [-0.1, -0.05) is 25.1 Å². The number of nitrogens with one attached hydrogen (secondary N) is 2. The molecular weight excluding hydrogens is 380 g/mol. The molecule has 0 fully saturated rings. The maximum Gasteiger partial charge on any atom is 0.241 e. The highest BCUT2D eigenvalue weighted by molar-refractivity contribution is 7.98. The van der Waals surface area contributed by atoms with E-state index in [4.69, 9.17) is 0 Å². The zero-order chi connectivity index (χ0) is 20.2. The zero-order valence-corrected chi connectivity index (χ0v) is 17.9. The van der Waals surface area contributed by atoms with E-state index >= 15 is 0 Å². The second kappa shape index (κ2) is 8.91. The Morgan fingerprint density at radius 2 is 1.81 bits per heavy atom. The average Bonchev–Trinajstić information content (AvgIpc) is 2.61. The number of carbonyl (C=O) groups is 1. The molecule has 0 saturated heterocycles. The number of benzene rings is 2. The fourth-order valence-electron chi connectivity index (χ4n) is 2.77. The van der Waals surface area contributed by atoms with Crippen LogP contribution in [0.5, 0.6) is 0 Å². The zero-order valence-electron chi connectivity index (χ0n) is 16.3. The first-order valence-corrected chi connectivity index (χ1v) is 11.4. The fourth-order valence-corrected chi connectivity index (χ4v) is 4.63. The number of carbonyl (C=O) groups excluding carboxylic acids is 1. The number of sulfonamides is 1. The summed E-state index contributed by atoms with van der Waals surface area (Å²) in [4.78, 5) is 12.4. The second-order valence-electron chi connectivity index (χ2n) is 6.47. The molecule has 0 aliphatic rings. The molecule has 5 nitrogen and oxygen atoms in total. The lowest BCUT2D eigenvalue weighted by Gasteiger charge is -2.19. The van der Waals surface area contributed by atoms with Gasteiger partial charge in [-0.15, -0.1) is 11.8 Å². The van der Waals surface area contributed by atoms with E-state index in [1.54, 1.807) is 12.1 Å². The number of thioether (sulfide) groups is 1. The SMILES string of the molecule is CC[C@H](NS(=O)(=O)c1ccc(SC)c(NC(C)=O)c1)c1ccc(C)c(C)c1. The molecule has 0 unspecified atom stereocenters. The monoisotopic (exact) mass is 406 g/mol. The molecule has 7 heteroatoms. The van der Waals surface area contributed by atoms with E-state index in [-0.39, 0.29) is 16.8 Å². The van der Waals surface area contributed by atoms with Crippen LogP contribution in [0.15, 0.2) is 46.2 Å². The first-order chi connectivity index (χ1) is 12.7. The fraction of sp³-hybridized carbons (Fsp3) is 0.350. The molecule has 0 saturated carbocycles. The molecule has 0 aliphatic heterocycles. The summed E-state index contributed by atoms with van der Waals surface area (Å²) in [7, 11) is -3.74. The van der Waals surface area contributed by atoms with Gasteiger partial charge in [0.2, 0.25) is 15.9 Å². The Kier molecular flexibility index (Phi) is 7.08. The van der Waals surface area contributed by atoms with Crippen molar-refractivity contribution in [3.05, 3.63) is 53.1 Å². The largest absolute Gasteiger partial charge is 0.325 e. The molecule has 0 radical (unpaired) electrons. The topological polar surface area (TPSA) is 75.3 Å². The Bertz CT molecular complexity index is 940. The van der Waals surface area contributed by atoms with Gasteiger partial charge >= 0.3 is 0 Å². The third-order valence-corrected chi connectivity index (χ3v) is 6.70. The smallest absolute Gasteiger partial charge is 0.241 e. The van der Waals surface area contributed by atoms with Crippen LogP contribution >= 0.6 is 11.8 Å². The summed E-state index contributed by atoms with van der Waals surface area (Å²) in [6, 6.07) is 10.4. The van der Waals surface area contributed by atoms with Gasteiger partial charge in [0.25, 0.3) is 0 Å². The van der Waals surface area contributed by atoms with Crippen molar-refractivity contribution in [3.63, 3.8) is 0 Å². The van der Waals surface area contributed by atoms with Crippen molar-refractivity contribution in [3.8, 4) is 0 Å². The van der Waals surface area contributed by atoms with Crippen LogP contribution in [0.3, 0.4) is 0 Å². The molecule has 0 bridgehead atoms. The van der Waals surface area contributed by atoms with Crippen LogP contribution in [-0.2, 0) is 14.8 Å². The summed E-state index contributed by atoms with van der Waals surface area (Å²) in [5.41, 5.74) is 3.73. The van der Waals surface area contributed by atoms with E-state index in [1.807, 2.05) is 45.2 Å². The molecule has 1 amide bonds. The van der Waals surface area contributed by atoms with E-state index in [0.717, 1.165) is 16.0 Å².